The van der Waals surface area contributed by atoms with E-state index in [4.69, 9.17) is 9.47 Å². The van der Waals surface area contributed by atoms with Crippen LogP contribution in [0.3, 0.4) is 0 Å². The van der Waals surface area contributed by atoms with Gasteiger partial charge >= 0.3 is 0 Å². The molecule has 0 aromatic carbocycles. The Hall–Kier alpha value is -3.35. The van der Waals surface area contributed by atoms with Crippen LogP contribution in [0.5, 0.6) is 5.88 Å². The molecule has 0 radical (unpaired) electrons. The van der Waals surface area contributed by atoms with Crippen molar-refractivity contribution in [3.63, 3.8) is 0 Å². The average molecular weight is 429 g/mol. The summed E-state index contributed by atoms with van der Waals surface area (Å²) in [4.78, 5) is 29.8. The molecule has 4 atom stereocenters. The number of fused-ring (bicyclic) bond motifs is 1. The number of methoxy groups -OCH3 is 1. The van der Waals surface area contributed by atoms with Gasteiger partial charge in [0.15, 0.2) is 35.1 Å². The van der Waals surface area contributed by atoms with Crippen molar-refractivity contribution in [3.05, 3.63) is 24.7 Å². The predicted octanol–water partition coefficient (Wildman–Crippen LogP) is -0.306. The number of hydrogen-bond donors (Lipinski definition) is 4. The van der Waals surface area contributed by atoms with Gasteiger partial charge in [0, 0.05) is 19.8 Å². The minimum atomic E-state index is -1.41. The molecule has 164 valence electrons. The number of aliphatic hydroxyl groups excluding tert-OH is 2. The van der Waals surface area contributed by atoms with Crippen molar-refractivity contribution in [3.8, 4) is 17.3 Å². The molecule has 0 aliphatic carbocycles. The Balaban J connectivity index is 1.80. The average Bonchev–Trinajstić information content (AvgIpc) is 3.34. The Labute approximate surface area is 177 Å². The van der Waals surface area contributed by atoms with Crippen LogP contribution in [0.2, 0.25) is 0 Å². The number of aromatic nitrogens is 5. The van der Waals surface area contributed by atoms with E-state index in [1.54, 1.807) is 32.3 Å². The van der Waals surface area contributed by atoms with Gasteiger partial charge in [0.25, 0.3) is 5.91 Å². The van der Waals surface area contributed by atoms with Crippen molar-refractivity contribution < 1.29 is 24.5 Å². The Morgan fingerprint density at radius 3 is 2.81 bits per heavy atom. The molecule has 1 aliphatic rings. The topological polar surface area (TPSA) is 157 Å². The van der Waals surface area contributed by atoms with Crippen LogP contribution in [0.25, 0.3) is 22.6 Å². The number of rotatable bonds is 6. The fraction of sp³-hybridized carbons (Fsp3) is 0.421. The number of imidazole rings is 1. The Bertz CT molecular complexity index is 1100. The van der Waals surface area contributed by atoms with Gasteiger partial charge in [-0.3, -0.25) is 9.36 Å². The van der Waals surface area contributed by atoms with Gasteiger partial charge in [0.05, 0.1) is 19.0 Å². The second-order valence-electron chi connectivity index (χ2n) is 6.85. The quantitative estimate of drug-likeness (QED) is 0.410. The molecule has 4 heterocycles. The molecule has 1 fully saturated rings. The standard InChI is InChI=1S/C19H23N7O5/c1-4-21-17(29)13-11(27)12(28)19(31-13)26-8-23-10-15(20-2)24-14(25-16(10)26)9-6-5-7-22-18(9)30-3/h5-8,11-13,19,27-28H,4H2,1-3H3,(H,21,29)(H,20,24,25)/t11-,12+,13-,19+/m0/s1. The van der Waals surface area contributed by atoms with Crippen LogP contribution < -0.4 is 15.4 Å². The molecule has 12 heteroatoms. The van der Waals surface area contributed by atoms with E-state index in [1.165, 1.54) is 18.0 Å². The monoisotopic (exact) mass is 429 g/mol. The summed E-state index contributed by atoms with van der Waals surface area (Å²) in [6.07, 6.45) is -2.05. The molecule has 0 bridgehead atoms. The molecule has 3 aromatic heterocycles. The zero-order valence-corrected chi connectivity index (χ0v) is 17.2. The molecule has 1 amide bonds. The summed E-state index contributed by atoms with van der Waals surface area (Å²) in [6, 6.07) is 3.50. The zero-order valence-electron chi connectivity index (χ0n) is 17.2. The molecule has 0 saturated carbocycles. The van der Waals surface area contributed by atoms with Crippen LogP contribution in [0.15, 0.2) is 24.7 Å². The normalized spacial score (nSPS) is 23.1. The SMILES string of the molecule is CCNC(=O)[C@H]1O[C@@H](n2cnc3c(NC)nc(-c4cccnc4OC)nc32)[C@H](O)[C@@H]1O. The first-order valence-corrected chi connectivity index (χ1v) is 9.71. The second-order valence-corrected chi connectivity index (χ2v) is 6.85. The second kappa shape index (κ2) is 8.41. The number of ether oxygens (including phenoxy) is 2. The van der Waals surface area contributed by atoms with Crippen LogP contribution in [0.4, 0.5) is 5.82 Å². The van der Waals surface area contributed by atoms with E-state index in [1.807, 2.05) is 0 Å². The molecule has 0 spiro atoms. The number of carbonyl (C=O) groups excluding carboxylic acids is 1. The molecule has 3 aromatic rings. The molecule has 12 nitrogen and oxygen atoms in total. The third-order valence-corrected chi connectivity index (χ3v) is 4.99. The third-order valence-electron chi connectivity index (χ3n) is 4.99. The number of amides is 1. The van der Waals surface area contributed by atoms with Crippen molar-refractivity contribution in [1.82, 2.24) is 29.8 Å². The van der Waals surface area contributed by atoms with Gasteiger partial charge in [-0.15, -0.1) is 0 Å². The summed E-state index contributed by atoms with van der Waals surface area (Å²) in [5.41, 5.74) is 1.33. The highest BCUT2D eigenvalue weighted by molar-refractivity contribution is 5.86. The molecule has 4 N–H and O–H groups in total. The number of pyridine rings is 1. The largest absolute Gasteiger partial charge is 0.480 e. The van der Waals surface area contributed by atoms with Crippen molar-refractivity contribution in [2.45, 2.75) is 31.5 Å². The lowest BCUT2D eigenvalue weighted by atomic mass is 10.1. The van der Waals surface area contributed by atoms with Gasteiger partial charge in [0.2, 0.25) is 5.88 Å². The lowest BCUT2D eigenvalue weighted by Gasteiger charge is -2.17. The highest BCUT2D eigenvalue weighted by Crippen LogP contribution is 2.34. The maximum Gasteiger partial charge on any atom is 0.252 e. The van der Waals surface area contributed by atoms with Gasteiger partial charge in [-0.1, -0.05) is 0 Å². The van der Waals surface area contributed by atoms with Crippen molar-refractivity contribution in [2.24, 2.45) is 0 Å². The third kappa shape index (κ3) is 3.54. The van der Waals surface area contributed by atoms with Crippen LogP contribution >= 0.6 is 0 Å². The van der Waals surface area contributed by atoms with Gasteiger partial charge in [-0.05, 0) is 19.1 Å². The Morgan fingerprint density at radius 2 is 2.10 bits per heavy atom. The lowest BCUT2D eigenvalue weighted by molar-refractivity contribution is -0.137. The fourth-order valence-electron chi connectivity index (χ4n) is 3.50. The van der Waals surface area contributed by atoms with E-state index in [-0.39, 0.29) is 0 Å². The minimum absolute atomic E-state index is 0.317. The van der Waals surface area contributed by atoms with Crippen LogP contribution in [0.1, 0.15) is 13.2 Å². The summed E-state index contributed by atoms with van der Waals surface area (Å²) in [7, 11) is 3.19. The number of nitrogens with zero attached hydrogens (tertiary/aromatic N) is 5. The number of anilines is 1. The van der Waals surface area contributed by atoms with E-state index in [0.29, 0.717) is 40.8 Å². The first-order valence-electron chi connectivity index (χ1n) is 9.71. The molecular weight excluding hydrogens is 406 g/mol. The summed E-state index contributed by atoms with van der Waals surface area (Å²) >= 11 is 0. The molecule has 1 saturated heterocycles. The van der Waals surface area contributed by atoms with E-state index < -0.39 is 30.4 Å². The lowest BCUT2D eigenvalue weighted by Crippen LogP contribution is -2.42. The van der Waals surface area contributed by atoms with Crippen molar-refractivity contribution >= 4 is 22.9 Å². The summed E-state index contributed by atoms with van der Waals surface area (Å²) < 4.78 is 12.5. The van der Waals surface area contributed by atoms with Crippen LogP contribution in [-0.4, -0.2) is 79.6 Å². The number of nitrogens with one attached hydrogen (secondary N) is 2. The molecule has 0 unspecified atom stereocenters. The molecular formula is C19H23N7O5. The van der Waals surface area contributed by atoms with Crippen molar-refractivity contribution in [2.75, 3.05) is 26.0 Å². The van der Waals surface area contributed by atoms with E-state index in [0.717, 1.165) is 0 Å². The summed E-state index contributed by atoms with van der Waals surface area (Å²) in [5, 5.41) is 26.5. The van der Waals surface area contributed by atoms with Gasteiger partial charge in [-0.25, -0.2) is 19.9 Å². The predicted molar refractivity (Wildman–Crippen MR) is 109 cm³/mol. The van der Waals surface area contributed by atoms with Gasteiger partial charge in [0.1, 0.15) is 12.2 Å². The highest BCUT2D eigenvalue weighted by atomic mass is 16.6. The van der Waals surface area contributed by atoms with Crippen LogP contribution in [0, 0.1) is 0 Å². The fourth-order valence-corrected chi connectivity index (χ4v) is 3.50. The van der Waals surface area contributed by atoms with E-state index >= 15 is 0 Å². The highest BCUT2D eigenvalue weighted by Gasteiger charge is 2.47. The number of hydrogen-bond acceptors (Lipinski definition) is 10. The maximum absolute atomic E-state index is 12.2. The number of carbonyl (C=O) groups is 1. The summed E-state index contributed by atoms with van der Waals surface area (Å²) in [5.74, 6) is 0.598. The Kier molecular flexibility index (Phi) is 5.67. The zero-order chi connectivity index (χ0) is 22.1. The molecule has 4 rings (SSSR count). The molecule has 1 aliphatic heterocycles. The van der Waals surface area contributed by atoms with Crippen LogP contribution in [-0.2, 0) is 9.53 Å². The first kappa shape index (κ1) is 20.9. The Morgan fingerprint density at radius 1 is 1.29 bits per heavy atom. The van der Waals surface area contributed by atoms with Gasteiger partial charge in [-0.2, -0.15) is 0 Å². The smallest absolute Gasteiger partial charge is 0.252 e. The molecule has 31 heavy (non-hydrogen) atoms. The number of aliphatic hydroxyl groups is 2. The minimum Gasteiger partial charge on any atom is -0.480 e. The first-order chi connectivity index (χ1) is 15.0. The summed E-state index contributed by atoms with van der Waals surface area (Å²) in [6.45, 7) is 2.12. The number of likely N-dealkylation sites (N-methyl/N-ethyl adjacent to an activating group) is 1. The van der Waals surface area contributed by atoms with Gasteiger partial charge < -0.3 is 30.3 Å². The maximum atomic E-state index is 12.2. The van der Waals surface area contributed by atoms with Crippen molar-refractivity contribution in [1.29, 1.82) is 0 Å². The van der Waals surface area contributed by atoms with E-state index in [2.05, 4.69) is 30.6 Å². The van der Waals surface area contributed by atoms with E-state index in [9.17, 15) is 15.0 Å².